The Balaban J connectivity index is 0.00000289. The predicted molar refractivity (Wildman–Crippen MR) is 66.5 cm³/mol. The van der Waals surface area contributed by atoms with Crippen LogP contribution >= 0.6 is 12.4 Å². The topological polar surface area (TPSA) is 46.2 Å². The standard InChI is InChI=1S/C12H16F3NO.ClH/c1-7(2)11(17)10(16)8-3-5-9(6-4-8)12(13,14)15;/h3-7,10-11,17H,16H2,1-2H3;1H/t10-,11+;/m1./s1. The number of aliphatic hydroxyl groups excluding tert-OH is 1. The van der Waals surface area contributed by atoms with Crippen molar-refractivity contribution in [3.8, 4) is 0 Å². The molecule has 1 rings (SSSR count). The lowest BCUT2D eigenvalue weighted by atomic mass is 9.94. The van der Waals surface area contributed by atoms with E-state index in [1.807, 2.05) is 0 Å². The van der Waals surface area contributed by atoms with Crippen LogP contribution in [0.5, 0.6) is 0 Å². The molecule has 0 aliphatic heterocycles. The normalized spacial score (nSPS) is 15.1. The van der Waals surface area contributed by atoms with Gasteiger partial charge < -0.3 is 10.8 Å². The molecule has 0 heterocycles. The molecular formula is C12H17ClF3NO. The van der Waals surface area contributed by atoms with Gasteiger partial charge in [-0.05, 0) is 23.6 Å². The molecule has 2 nitrogen and oxygen atoms in total. The molecule has 18 heavy (non-hydrogen) atoms. The van der Waals surface area contributed by atoms with E-state index in [2.05, 4.69) is 0 Å². The Morgan fingerprint density at radius 3 is 1.89 bits per heavy atom. The molecule has 1 aromatic carbocycles. The number of hydrogen-bond acceptors (Lipinski definition) is 2. The minimum Gasteiger partial charge on any atom is -0.391 e. The number of halogens is 4. The summed E-state index contributed by atoms with van der Waals surface area (Å²) in [5.41, 5.74) is 5.55. The first kappa shape index (κ1) is 17.2. The Hall–Kier alpha value is -0.780. The van der Waals surface area contributed by atoms with Crippen LogP contribution in [0.4, 0.5) is 13.2 Å². The highest BCUT2D eigenvalue weighted by molar-refractivity contribution is 5.85. The minimum absolute atomic E-state index is 0. The van der Waals surface area contributed by atoms with Crippen LogP contribution in [0.2, 0.25) is 0 Å². The summed E-state index contributed by atoms with van der Waals surface area (Å²) < 4.78 is 37.0. The van der Waals surface area contributed by atoms with Crippen LogP contribution in [0.15, 0.2) is 24.3 Å². The average molecular weight is 284 g/mol. The van der Waals surface area contributed by atoms with Gasteiger partial charge in [0.05, 0.1) is 17.7 Å². The number of nitrogens with two attached hydrogens (primary N) is 1. The van der Waals surface area contributed by atoms with E-state index in [0.717, 1.165) is 12.1 Å². The van der Waals surface area contributed by atoms with Gasteiger partial charge in [0.15, 0.2) is 0 Å². The molecule has 104 valence electrons. The second-order valence-corrected chi connectivity index (χ2v) is 4.38. The van der Waals surface area contributed by atoms with Crippen LogP contribution in [-0.4, -0.2) is 11.2 Å². The Kier molecular flexibility index (Phi) is 6.13. The number of rotatable bonds is 3. The molecule has 0 fully saturated rings. The van der Waals surface area contributed by atoms with Gasteiger partial charge in [0.1, 0.15) is 0 Å². The van der Waals surface area contributed by atoms with Gasteiger partial charge in [-0.2, -0.15) is 13.2 Å². The van der Waals surface area contributed by atoms with E-state index in [9.17, 15) is 18.3 Å². The van der Waals surface area contributed by atoms with E-state index in [1.54, 1.807) is 13.8 Å². The van der Waals surface area contributed by atoms with E-state index < -0.39 is 23.9 Å². The summed E-state index contributed by atoms with van der Waals surface area (Å²) >= 11 is 0. The van der Waals surface area contributed by atoms with Gasteiger partial charge in [-0.25, -0.2) is 0 Å². The fourth-order valence-electron chi connectivity index (χ4n) is 1.51. The monoisotopic (exact) mass is 283 g/mol. The second-order valence-electron chi connectivity index (χ2n) is 4.38. The van der Waals surface area contributed by atoms with Crippen molar-refractivity contribution in [2.75, 3.05) is 0 Å². The van der Waals surface area contributed by atoms with E-state index in [4.69, 9.17) is 5.73 Å². The first-order valence-corrected chi connectivity index (χ1v) is 5.34. The molecule has 0 bridgehead atoms. The fourth-order valence-corrected chi connectivity index (χ4v) is 1.51. The maximum absolute atomic E-state index is 12.3. The van der Waals surface area contributed by atoms with Crippen LogP contribution in [0.25, 0.3) is 0 Å². The zero-order valence-corrected chi connectivity index (χ0v) is 10.9. The minimum atomic E-state index is -4.35. The van der Waals surface area contributed by atoms with Gasteiger partial charge in [-0.15, -0.1) is 12.4 Å². The van der Waals surface area contributed by atoms with Gasteiger partial charge in [0.2, 0.25) is 0 Å². The lowest BCUT2D eigenvalue weighted by molar-refractivity contribution is -0.137. The lowest BCUT2D eigenvalue weighted by Crippen LogP contribution is -2.30. The molecule has 0 aliphatic carbocycles. The summed E-state index contributed by atoms with van der Waals surface area (Å²) in [6, 6.07) is 3.89. The molecule has 0 spiro atoms. The third kappa shape index (κ3) is 4.15. The van der Waals surface area contributed by atoms with Crippen LogP contribution < -0.4 is 5.73 Å². The number of alkyl halides is 3. The number of benzene rings is 1. The average Bonchev–Trinajstić information content (AvgIpc) is 2.26. The van der Waals surface area contributed by atoms with Gasteiger partial charge in [0, 0.05) is 0 Å². The second kappa shape index (κ2) is 6.41. The number of aliphatic hydroxyl groups is 1. The summed E-state index contributed by atoms with van der Waals surface area (Å²) in [6.07, 6.45) is -5.12. The molecule has 0 saturated heterocycles. The van der Waals surface area contributed by atoms with E-state index in [1.165, 1.54) is 12.1 Å². The first-order valence-electron chi connectivity index (χ1n) is 5.34. The fraction of sp³-hybridized carbons (Fsp3) is 0.500. The molecule has 3 N–H and O–H groups in total. The highest BCUT2D eigenvalue weighted by atomic mass is 35.5. The molecule has 0 saturated carbocycles. The molecule has 2 atom stereocenters. The zero-order valence-electron chi connectivity index (χ0n) is 10.1. The Morgan fingerprint density at radius 1 is 1.11 bits per heavy atom. The van der Waals surface area contributed by atoms with Crippen LogP contribution in [-0.2, 0) is 6.18 Å². The Labute approximate surface area is 110 Å². The summed E-state index contributed by atoms with van der Waals surface area (Å²) in [6.45, 7) is 3.60. The van der Waals surface area contributed by atoms with E-state index in [0.29, 0.717) is 5.56 Å². The summed E-state index contributed by atoms with van der Waals surface area (Å²) in [7, 11) is 0. The zero-order chi connectivity index (χ0) is 13.2. The van der Waals surface area contributed by atoms with Crippen molar-refractivity contribution in [3.63, 3.8) is 0 Å². The van der Waals surface area contributed by atoms with Gasteiger partial charge in [-0.1, -0.05) is 26.0 Å². The smallest absolute Gasteiger partial charge is 0.391 e. The SMILES string of the molecule is CC(C)[C@H](O)[C@H](N)c1ccc(C(F)(F)F)cc1.Cl. The maximum Gasteiger partial charge on any atom is 0.416 e. The Morgan fingerprint density at radius 2 is 1.56 bits per heavy atom. The molecule has 0 unspecified atom stereocenters. The molecule has 0 aromatic heterocycles. The predicted octanol–water partition coefficient (Wildman–Crippen LogP) is 3.14. The van der Waals surface area contributed by atoms with Crippen molar-refractivity contribution in [1.29, 1.82) is 0 Å². The maximum atomic E-state index is 12.3. The van der Waals surface area contributed by atoms with Crippen molar-refractivity contribution in [1.82, 2.24) is 0 Å². The van der Waals surface area contributed by atoms with E-state index >= 15 is 0 Å². The molecule has 0 amide bonds. The third-order valence-electron chi connectivity index (χ3n) is 2.67. The van der Waals surface area contributed by atoms with Crippen molar-refractivity contribution in [2.45, 2.75) is 32.2 Å². The quantitative estimate of drug-likeness (QED) is 0.895. The largest absolute Gasteiger partial charge is 0.416 e. The third-order valence-corrected chi connectivity index (χ3v) is 2.67. The van der Waals surface area contributed by atoms with Gasteiger partial charge in [0.25, 0.3) is 0 Å². The highest BCUT2D eigenvalue weighted by Gasteiger charge is 2.30. The van der Waals surface area contributed by atoms with Crippen molar-refractivity contribution in [3.05, 3.63) is 35.4 Å². The summed E-state index contributed by atoms with van der Waals surface area (Å²) in [5.74, 6) is -0.0488. The van der Waals surface area contributed by atoms with Gasteiger partial charge in [-0.3, -0.25) is 0 Å². The van der Waals surface area contributed by atoms with Crippen molar-refractivity contribution < 1.29 is 18.3 Å². The lowest BCUT2D eigenvalue weighted by Gasteiger charge is -2.22. The van der Waals surface area contributed by atoms with Crippen LogP contribution in [0.3, 0.4) is 0 Å². The summed E-state index contributed by atoms with van der Waals surface area (Å²) in [4.78, 5) is 0. The molecule has 1 aromatic rings. The van der Waals surface area contributed by atoms with Gasteiger partial charge >= 0.3 is 6.18 Å². The van der Waals surface area contributed by atoms with Crippen molar-refractivity contribution in [2.24, 2.45) is 11.7 Å². The van der Waals surface area contributed by atoms with E-state index in [-0.39, 0.29) is 18.3 Å². The molecular weight excluding hydrogens is 267 g/mol. The highest BCUT2D eigenvalue weighted by Crippen LogP contribution is 2.30. The van der Waals surface area contributed by atoms with Crippen LogP contribution in [0.1, 0.15) is 31.0 Å². The molecule has 0 aliphatic rings. The van der Waals surface area contributed by atoms with Crippen LogP contribution in [0, 0.1) is 5.92 Å². The Bertz CT molecular complexity index is 365. The van der Waals surface area contributed by atoms with Crippen molar-refractivity contribution >= 4 is 12.4 Å². The first-order chi connectivity index (χ1) is 7.73. The number of hydrogen-bond donors (Lipinski definition) is 2. The summed E-state index contributed by atoms with van der Waals surface area (Å²) in [5, 5.41) is 9.73. The molecule has 6 heteroatoms. The molecule has 0 radical (unpaired) electrons.